The summed E-state index contributed by atoms with van der Waals surface area (Å²) in [6.45, 7) is 14.9. The zero-order valence-corrected chi connectivity index (χ0v) is 31.0. The van der Waals surface area contributed by atoms with Crippen LogP contribution in [0.3, 0.4) is 0 Å². The first-order chi connectivity index (χ1) is 23.1. The van der Waals surface area contributed by atoms with Gasteiger partial charge < -0.3 is 54.7 Å². The average molecular weight is 711 g/mol. The summed E-state index contributed by atoms with van der Waals surface area (Å²) in [6, 6.07) is 0. The van der Waals surface area contributed by atoms with Gasteiger partial charge >= 0.3 is 5.97 Å². The van der Waals surface area contributed by atoms with E-state index in [9.17, 15) is 40.5 Å². The molecular weight excluding hydrogens is 648 g/mol. The molecule has 50 heavy (non-hydrogen) atoms. The highest BCUT2D eigenvalue weighted by atomic mass is 16.7. The minimum atomic E-state index is -1.88. The van der Waals surface area contributed by atoms with Gasteiger partial charge in [-0.3, -0.25) is 4.79 Å². The zero-order chi connectivity index (χ0) is 36.8. The third kappa shape index (κ3) is 4.68. The first-order valence-corrected chi connectivity index (χ1v) is 19.0. The fraction of sp³-hybridized carbons (Fsp3) is 0.974. The molecule has 5 aliphatic carbocycles. The van der Waals surface area contributed by atoms with Crippen molar-refractivity contribution in [3.8, 4) is 0 Å². The molecule has 12 nitrogen and oxygen atoms in total. The maximum absolute atomic E-state index is 12.6. The van der Waals surface area contributed by atoms with Crippen LogP contribution in [0.15, 0.2) is 0 Å². The monoisotopic (exact) mass is 710 g/mol. The van der Waals surface area contributed by atoms with E-state index < -0.39 is 83.8 Å². The van der Waals surface area contributed by atoms with Crippen molar-refractivity contribution in [2.75, 3.05) is 6.61 Å². The maximum Gasteiger partial charge on any atom is 0.303 e. The predicted molar refractivity (Wildman–Crippen MR) is 178 cm³/mol. The van der Waals surface area contributed by atoms with Crippen LogP contribution in [0, 0.1) is 50.7 Å². The highest BCUT2D eigenvalue weighted by Gasteiger charge is 2.87. The Labute approximate surface area is 295 Å². The third-order valence-electron chi connectivity index (χ3n) is 16.3. The number of esters is 1. The molecule has 0 aromatic heterocycles. The second kappa shape index (κ2) is 11.5. The number of fused-ring (bicyclic) bond motifs is 4. The number of aliphatic hydroxyl groups is 7. The second-order valence-corrected chi connectivity index (χ2v) is 19.2. The number of hydrogen-bond donors (Lipinski definition) is 7. The molecule has 7 fully saturated rings. The molecule has 7 rings (SSSR count). The predicted octanol–water partition coefficient (Wildman–Crippen LogP) is 2.01. The number of hydrogen-bond acceptors (Lipinski definition) is 12. The highest BCUT2D eigenvalue weighted by Crippen LogP contribution is 2.89. The van der Waals surface area contributed by atoms with Crippen LogP contribution in [0.1, 0.15) is 107 Å². The van der Waals surface area contributed by atoms with Gasteiger partial charge in [0.05, 0.1) is 18.3 Å². The Balaban J connectivity index is 1.16. The van der Waals surface area contributed by atoms with Crippen molar-refractivity contribution in [2.24, 2.45) is 50.7 Å². The Bertz CT molecular complexity index is 1350. The summed E-state index contributed by atoms with van der Waals surface area (Å²) in [5.41, 5.74) is -2.82. The van der Waals surface area contributed by atoms with Crippen LogP contribution in [-0.4, -0.2) is 115 Å². The quantitative estimate of drug-likeness (QED) is 0.157. The van der Waals surface area contributed by atoms with Crippen LogP contribution in [-0.2, 0) is 23.7 Å². The molecule has 2 spiro atoms. The smallest absolute Gasteiger partial charge is 0.303 e. The molecule has 0 aromatic rings. The summed E-state index contributed by atoms with van der Waals surface area (Å²) in [4.78, 5) is 12.1. The van der Waals surface area contributed by atoms with E-state index >= 15 is 0 Å². The van der Waals surface area contributed by atoms with Crippen molar-refractivity contribution in [3.63, 3.8) is 0 Å². The van der Waals surface area contributed by atoms with Crippen LogP contribution >= 0.6 is 0 Å². The lowest BCUT2D eigenvalue weighted by Crippen LogP contribution is -2.62. The Hall–Kier alpha value is -0.930. The minimum Gasteiger partial charge on any atom is -0.457 e. The molecule has 0 unspecified atom stereocenters. The minimum absolute atomic E-state index is 0.0175. The SMILES string of the molecule is CC(=O)O[C@H]([C@H]1C[C@@H](C)[C@H]2[C@@](O)(O1)[C@H](O)[C@@]1(C)[C@@H]3CC[C@H]4C(C)(C)[C@@H](O[C@@H]5O[C@H](CO)[C@H](O)[C@H](O)[C@H]5O)CC[C@@]45C[C@@]35CC[C@]21C)C(C)(C)O. The summed E-state index contributed by atoms with van der Waals surface area (Å²) in [5, 5.41) is 77.3. The normalized spacial score (nSPS) is 55.8. The third-order valence-corrected chi connectivity index (χ3v) is 16.3. The van der Waals surface area contributed by atoms with Gasteiger partial charge in [0, 0.05) is 18.3 Å². The molecule has 2 saturated heterocycles. The zero-order valence-electron chi connectivity index (χ0n) is 31.0. The van der Waals surface area contributed by atoms with E-state index in [-0.39, 0.29) is 40.1 Å². The van der Waals surface area contributed by atoms with Crippen molar-refractivity contribution < 1.29 is 59.5 Å². The van der Waals surface area contributed by atoms with Gasteiger partial charge in [-0.2, -0.15) is 0 Å². The standard InChI is InChI=1S/C38H62O12/c1-18-15-20(29(33(5,6)45)47-19(2)40)50-38(46)28(18)34(7)13-14-37-17-36(37)12-11-24(49-30-27(43)26(42)25(41)21(16-39)48-30)32(3,4)22(36)9-10-23(37)35(34,8)31(38)44/h18,20-31,39,41-46H,9-17H2,1-8H3/t18-,20-,21-,22+,23+,24+,25+,26+,27-,28-,29-,30+,31-,34-,35-,36-,37+,38-/m1/s1. The Morgan fingerprint density at radius 1 is 0.940 bits per heavy atom. The Kier molecular flexibility index (Phi) is 8.63. The summed E-state index contributed by atoms with van der Waals surface area (Å²) in [6.07, 6.45) is -3.16. The van der Waals surface area contributed by atoms with Gasteiger partial charge in [0.25, 0.3) is 0 Å². The first-order valence-electron chi connectivity index (χ1n) is 19.0. The number of carbonyl (C=O) groups is 1. The van der Waals surface area contributed by atoms with E-state index in [1.54, 1.807) is 13.8 Å². The van der Waals surface area contributed by atoms with Crippen LogP contribution < -0.4 is 0 Å². The molecule has 7 N–H and O–H groups in total. The van der Waals surface area contributed by atoms with E-state index in [0.717, 1.165) is 38.5 Å². The molecule has 12 heteroatoms. The number of aliphatic hydroxyl groups excluding tert-OH is 5. The molecule has 18 atom stereocenters. The molecule has 2 heterocycles. The first kappa shape index (κ1) is 37.4. The maximum atomic E-state index is 12.6. The van der Waals surface area contributed by atoms with Crippen molar-refractivity contribution in [2.45, 2.75) is 173 Å². The van der Waals surface area contributed by atoms with Gasteiger partial charge in [-0.25, -0.2) is 0 Å². The van der Waals surface area contributed by atoms with Crippen LogP contribution in [0.2, 0.25) is 0 Å². The molecular formula is C38H62O12. The van der Waals surface area contributed by atoms with Gasteiger partial charge in [-0.05, 0) is 105 Å². The number of carbonyl (C=O) groups excluding carboxylic acids is 1. The Morgan fingerprint density at radius 2 is 1.58 bits per heavy atom. The molecule has 7 aliphatic rings. The van der Waals surface area contributed by atoms with Crippen LogP contribution in [0.4, 0.5) is 0 Å². The van der Waals surface area contributed by atoms with Crippen molar-refractivity contribution in [1.29, 1.82) is 0 Å². The molecule has 5 saturated carbocycles. The van der Waals surface area contributed by atoms with Crippen molar-refractivity contribution in [1.82, 2.24) is 0 Å². The lowest BCUT2D eigenvalue weighted by molar-refractivity contribution is -0.342. The fourth-order valence-electron chi connectivity index (χ4n) is 14.1. The van der Waals surface area contributed by atoms with E-state index in [1.165, 1.54) is 6.92 Å². The van der Waals surface area contributed by atoms with Gasteiger partial charge in [-0.15, -0.1) is 0 Å². The largest absolute Gasteiger partial charge is 0.457 e. The van der Waals surface area contributed by atoms with E-state index in [1.807, 2.05) is 0 Å². The second-order valence-electron chi connectivity index (χ2n) is 19.2. The molecule has 0 aromatic carbocycles. The van der Waals surface area contributed by atoms with Gasteiger partial charge in [-0.1, -0.05) is 34.6 Å². The van der Waals surface area contributed by atoms with Gasteiger partial charge in [0.1, 0.15) is 36.6 Å². The topological polar surface area (TPSA) is 196 Å². The summed E-state index contributed by atoms with van der Waals surface area (Å²) >= 11 is 0. The molecule has 2 aliphatic heterocycles. The molecule has 286 valence electrons. The summed E-state index contributed by atoms with van der Waals surface area (Å²) in [7, 11) is 0. The summed E-state index contributed by atoms with van der Waals surface area (Å²) in [5.74, 6) is -2.42. The van der Waals surface area contributed by atoms with Crippen molar-refractivity contribution >= 4 is 5.97 Å². The summed E-state index contributed by atoms with van der Waals surface area (Å²) < 4.78 is 24.4. The van der Waals surface area contributed by atoms with Crippen LogP contribution in [0.5, 0.6) is 0 Å². The van der Waals surface area contributed by atoms with E-state index in [4.69, 9.17) is 18.9 Å². The molecule has 0 radical (unpaired) electrons. The van der Waals surface area contributed by atoms with Gasteiger partial charge in [0.15, 0.2) is 18.2 Å². The highest BCUT2D eigenvalue weighted by molar-refractivity contribution is 5.66. The van der Waals surface area contributed by atoms with Crippen LogP contribution in [0.25, 0.3) is 0 Å². The average Bonchev–Trinajstić information content (AvgIpc) is 3.66. The lowest BCUT2D eigenvalue weighted by atomic mass is 9.41. The fourth-order valence-corrected chi connectivity index (χ4v) is 14.1. The number of rotatable bonds is 6. The Morgan fingerprint density at radius 3 is 2.20 bits per heavy atom. The van der Waals surface area contributed by atoms with E-state index in [0.29, 0.717) is 18.8 Å². The molecule has 0 amide bonds. The van der Waals surface area contributed by atoms with Crippen molar-refractivity contribution in [3.05, 3.63) is 0 Å². The molecule has 0 bridgehead atoms. The lowest BCUT2D eigenvalue weighted by Gasteiger charge is -2.63. The number of ether oxygens (including phenoxy) is 4. The van der Waals surface area contributed by atoms with Gasteiger partial charge in [0.2, 0.25) is 0 Å². The van der Waals surface area contributed by atoms with E-state index in [2.05, 4.69) is 34.6 Å².